The Morgan fingerprint density at radius 1 is 1.35 bits per heavy atom. The van der Waals surface area contributed by atoms with Crippen molar-refractivity contribution in [1.29, 1.82) is 0 Å². The predicted molar refractivity (Wildman–Crippen MR) is 68.1 cm³/mol. The van der Waals surface area contributed by atoms with E-state index in [1.165, 1.54) is 4.90 Å². The molecule has 5 nitrogen and oxygen atoms in total. The smallest absolute Gasteiger partial charge is 0.317 e. The number of carbonyl (C=O) groups is 2. The molecule has 0 aromatic heterocycles. The highest BCUT2D eigenvalue weighted by molar-refractivity contribution is 5.75. The van der Waals surface area contributed by atoms with Crippen molar-refractivity contribution >= 4 is 12.0 Å². The minimum absolute atomic E-state index is 0.0348. The largest absolute Gasteiger partial charge is 0.481 e. The Kier molecular flexibility index (Phi) is 5.89. The van der Waals surface area contributed by atoms with Crippen LogP contribution in [0.5, 0.6) is 0 Å². The molecule has 0 heterocycles. The van der Waals surface area contributed by atoms with Crippen molar-refractivity contribution in [3.63, 3.8) is 0 Å². The van der Waals surface area contributed by atoms with E-state index >= 15 is 0 Å². The fourth-order valence-electron chi connectivity index (χ4n) is 1.60. The highest BCUT2D eigenvalue weighted by Crippen LogP contribution is 2.09. The van der Waals surface area contributed by atoms with Crippen LogP contribution < -0.4 is 5.32 Å². The molecule has 1 aromatic rings. The summed E-state index contributed by atoms with van der Waals surface area (Å²) in [4.78, 5) is 23.5. The molecule has 0 saturated carbocycles. The number of carboxylic acid groups (broad SMARTS) is 1. The summed E-state index contributed by atoms with van der Waals surface area (Å²) in [6.45, 7) is 1.92. The summed E-state index contributed by atoms with van der Waals surface area (Å²) in [5.74, 6) is -2.21. The number of nitrogens with zero attached hydrogens (tertiary/aromatic N) is 1. The first-order chi connectivity index (χ1) is 9.43. The zero-order valence-electron chi connectivity index (χ0n) is 11.0. The van der Waals surface area contributed by atoms with E-state index in [9.17, 15) is 18.4 Å². The van der Waals surface area contributed by atoms with E-state index in [2.05, 4.69) is 5.32 Å². The number of benzene rings is 1. The normalized spacial score (nSPS) is 10.2. The van der Waals surface area contributed by atoms with Crippen LogP contribution in [0.3, 0.4) is 0 Å². The summed E-state index contributed by atoms with van der Waals surface area (Å²) in [5.41, 5.74) is 0.0348. The third-order valence-corrected chi connectivity index (χ3v) is 2.70. The average molecular weight is 286 g/mol. The lowest BCUT2D eigenvalue weighted by Gasteiger charge is -2.20. The quantitative estimate of drug-likeness (QED) is 0.840. The summed E-state index contributed by atoms with van der Waals surface area (Å²) >= 11 is 0. The van der Waals surface area contributed by atoms with Crippen molar-refractivity contribution in [1.82, 2.24) is 10.2 Å². The Morgan fingerprint density at radius 2 is 2.05 bits per heavy atom. The van der Waals surface area contributed by atoms with Gasteiger partial charge in [0.15, 0.2) is 0 Å². The van der Waals surface area contributed by atoms with Crippen LogP contribution in [0.15, 0.2) is 18.2 Å². The number of rotatable bonds is 6. The van der Waals surface area contributed by atoms with Crippen molar-refractivity contribution < 1.29 is 23.5 Å². The van der Waals surface area contributed by atoms with E-state index in [4.69, 9.17) is 5.11 Å². The molecule has 0 radical (unpaired) electrons. The molecule has 7 heteroatoms. The maximum atomic E-state index is 13.3. The van der Waals surface area contributed by atoms with Gasteiger partial charge >= 0.3 is 12.0 Å². The monoisotopic (exact) mass is 286 g/mol. The Bertz CT molecular complexity index is 495. The minimum Gasteiger partial charge on any atom is -0.481 e. The second kappa shape index (κ2) is 7.42. The molecule has 0 aliphatic rings. The fourth-order valence-corrected chi connectivity index (χ4v) is 1.60. The second-order valence-corrected chi connectivity index (χ2v) is 4.12. The molecule has 0 aliphatic carbocycles. The Balaban J connectivity index is 2.56. The number of hydrogen-bond donors (Lipinski definition) is 2. The van der Waals surface area contributed by atoms with Gasteiger partial charge in [0.1, 0.15) is 11.6 Å². The predicted octanol–water partition coefficient (Wildman–Crippen LogP) is 1.97. The third kappa shape index (κ3) is 4.83. The van der Waals surface area contributed by atoms with Gasteiger partial charge in [-0.3, -0.25) is 4.79 Å². The van der Waals surface area contributed by atoms with Gasteiger partial charge in [-0.25, -0.2) is 13.6 Å². The van der Waals surface area contributed by atoms with Crippen molar-refractivity contribution in [2.75, 3.05) is 13.1 Å². The maximum absolute atomic E-state index is 13.3. The standard InChI is InChI=1S/C13H16F2N2O3/c1-2-17(6-5-12(18)19)13(20)16-8-9-7-10(14)3-4-11(9)15/h3-4,7H,2,5-6,8H2,1H3,(H,16,20)(H,18,19). The Labute approximate surface area is 115 Å². The molecule has 110 valence electrons. The van der Waals surface area contributed by atoms with E-state index in [0.29, 0.717) is 6.54 Å². The first-order valence-corrected chi connectivity index (χ1v) is 6.12. The molecular weight excluding hydrogens is 270 g/mol. The van der Waals surface area contributed by atoms with Gasteiger partial charge in [-0.1, -0.05) is 0 Å². The SMILES string of the molecule is CCN(CCC(=O)O)C(=O)NCc1cc(F)ccc1F. The van der Waals surface area contributed by atoms with Gasteiger partial charge in [-0.05, 0) is 25.1 Å². The van der Waals surface area contributed by atoms with E-state index in [0.717, 1.165) is 18.2 Å². The molecule has 0 saturated heterocycles. The van der Waals surface area contributed by atoms with Gasteiger partial charge in [0.25, 0.3) is 0 Å². The molecule has 0 unspecified atom stereocenters. The molecular formula is C13H16F2N2O3. The van der Waals surface area contributed by atoms with Crippen molar-refractivity contribution in [2.45, 2.75) is 19.9 Å². The summed E-state index contributed by atoms with van der Waals surface area (Å²) in [5, 5.41) is 11.0. The Morgan fingerprint density at radius 3 is 2.65 bits per heavy atom. The molecule has 1 aromatic carbocycles. The summed E-state index contributed by atoms with van der Waals surface area (Å²) in [6, 6.07) is 2.46. The number of carbonyl (C=O) groups excluding carboxylic acids is 1. The zero-order chi connectivity index (χ0) is 15.1. The van der Waals surface area contributed by atoms with E-state index < -0.39 is 23.6 Å². The number of halogens is 2. The van der Waals surface area contributed by atoms with Crippen LogP contribution in [0.2, 0.25) is 0 Å². The molecule has 0 atom stereocenters. The highest BCUT2D eigenvalue weighted by Gasteiger charge is 2.13. The van der Waals surface area contributed by atoms with Gasteiger partial charge in [-0.2, -0.15) is 0 Å². The van der Waals surface area contributed by atoms with Gasteiger partial charge in [-0.15, -0.1) is 0 Å². The van der Waals surface area contributed by atoms with Crippen molar-refractivity contribution in [3.8, 4) is 0 Å². The van der Waals surface area contributed by atoms with Crippen LogP contribution in [0.4, 0.5) is 13.6 Å². The van der Waals surface area contributed by atoms with Gasteiger partial charge in [0.2, 0.25) is 0 Å². The number of nitrogens with one attached hydrogen (secondary N) is 1. The highest BCUT2D eigenvalue weighted by atomic mass is 19.1. The molecule has 1 rings (SSSR count). The number of amides is 2. The van der Waals surface area contributed by atoms with Gasteiger partial charge in [0.05, 0.1) is 6.42 Å². The van der Waals surface area contributed by atoms with Crippen molar-refractivity contribution in [3.05, 3.63) is 35.4 Å². The van der Waals surface area contributed by atoms with Gasteiger partial charge in [0, 0.05) is 25.2 Å². The molecule has 0 aliphatic heterocycles. The van der Waals surface area contributed by atoms with Crippen LogP contribution in [-0.2, 0) is 11.3 Å². The average Bonchev–Trinajstić information content (AvgIpc) is 2.40. The first-order valence-electron chi connectivity index (χ1n) is 6.12. The van der Waals surface area contributed by atoms with E-state index in [1.54, 1.807) is 6.92 Å². The third-order valence-electron chi connectivity index (χ3n) is 2.70. The number of urea groups is 1. The lowest BCUT2D eigenvalue weighted by molar-refractivity contribution is -0.137. The molecule has 0 bridgehead atoms. The lowest BCUT2D eigenvalue weighted by Crippen LogP contribution is -2.40. The lowest BCUT2D eigenvalue weighted by atomic mass is 10.2. The van der Waals surface area contributed by atoms with Crippen LogP contribution in [0.25, 0.3) is 0 Å². The maximum Gasteiger partial charge on any atom is 0.317 e. The van der Waals surface area contributed by atoms with Gasteiger partial charge < -0.3 is 15.3 Å². The van der Waals surface area contributed by atoms with E-state index in [-0.39, 0.29) is 25.1 Å². The zero-order valence-corrected chi connectivity index (χ0v) is 11.0. The first kappa shape index (κ1) is 15.9. The molecule has 2 amide bonds. The van der Waals surface area contributed by atoms with Crippen LogP contribution in [0.1, 0.15) is 18.9 Å². The second-order valence-electron chi connectivity index (χ2n) is 4.12. The van der Waals surface area contributed by atoms with E-state index in [1.807, 2.05) is 0 Å². The molecule has 0 fully saturated rings. The molecule has 2 N–H and O–H groups in total. The molecule has 20 heavy (non-hydrogen) atoms. The Hall–Kier alpha value is -2.18. The number of hydrogen-bond acceptors (Lipinski definition) is 2. The fraction of sp³-hybridized carbons (Fsp3) is 0.385. The topological polar surface area (TPSA) is 69.6 Å². The number of aliphatic carboxylic acids is 1. The molecule has 0 spiro atoms. The summed E-state index contributed by atoms with van der Waals surface area (Å²) < 4.78 is 26.3. The summed E-state index contributed by atoms with van der Waals surface area (Å²) in [6.07, 6.45) is -0.171. The van der Waals surface area contributed by atoms with Crippen molar-refractivity contribution in [2.24, 2.45) is 0 Å². The van der Waals surface area contributed by atoms with Crippen LogP contribution in [0, 0.1) is 11.6 Å². The minimum atomic E-state index is -1.01. The number of carboxylic acids is 1. The van der Waals surface area contributed by atoms with Crippen LogP contribution >= 0.6 is 0 Å². The summed E-state index contributed by atoms with van der Waals surface area (Å²) in [7, 11) is 0. The van der Waals surface area contributed by atoms with Crippen LogP contribution in [-0.4, -0.2) is 35.1 Å².